The number of hydrogen-bond donors (Lipinski definition) is 2. The van der Waals surface area contributed by atoms with Crippen LogP contribution in [0.1, 0.15) is 32.3 Å². The summed E-state index contributed by atoms with van der Waals surface area (Å²) in [5.74, 6) is -2.75. The van der Waals surface area contributed by atoms with Gasteiger partial charge in [0.15, 0.2) is 17.4 Å². The minimum atomic E-state index is -0.918. The van der Waals surface area contributed by atoms with Gasteiger partial charge in [0.05, 0.1) is 0 Å². The topological polar surface area (TPSA) is 32.3 Å². The van der Waals surface area contributed by atoms with E-state index in [1.54, 1.807) is 0 Å². The highest BCUT2D eigenvalue weighted by Crippen LogP contribution is 2.29. The number of rotatable bonds is 7. The number of thioether (sulfide) groups is 1. The summed E-state index contributed by atoms with van der Waals surface area (Å²) in [6.07, 6.45) is 4.15. The van der Waals surface area contributed by atoms with E-state index in [0.717, 1.165) is 31.5 Å². The van der Waals surface area contributed by atoms with Gasteiger partial charge in [-0.05, 0) is 36.8 Å². The first-order valence-electron chi connectivity index (χ1n) is 6.40. The molecule has 0 atom stereocenters. The molecule has 0 unspecified atom stereocenters. The molecular weight excluding hydrogens is 268 g/mol. The number of halogens is 2. The average Bonchev–Trinajstić information content (AvgIpc) is 2.41. The predicted molar refractivity (Wildman–Crippen MR) is 76.6 cm³/mol. The summed E-state index contributed by atoms with van der Waals surface area (Å²) in [4.78, 5) is 0. The van der Waals surface area contributed by atoms with Crippen molar-refractivity contribution in [2.24, 2.45) is 0 Å². The van der Waals surface area contributed by atoms with Gasteiger partial charge in [-0.2, -0.15) is 11.8 Å². The largest absolute Gasteiger partial charge is 0.503 e. The van der Waals surface area contributed by atoms with Crippen molar-refractivity contribution >= 4 is 11.8 Å². The van der Waals surface area contributed by atoms with Crippen LogP contribution in [-0.2, 0) is 6.54 Å². The van der Waals surface area contributed by atoms with Gasteiger partial charge in [-0.3, -0.25) is 0 Å². The van der Waals surface area contributed by atoms with Gasteiger partial charge in [-0.1, -0.05) is 13.8 Å². The molecule has 1 aromatic rings. The smallest absolute Gasteiger partial charge is 0.187 e. The Labute approximate surface area is 117 Å². The Morgan fingerprint density at radius 3 is 2.16 bits per heavy atom. The van der Waals surface area contributed by atoms with Crippen LogP contribution in [0.4, 0.5) is 8.78 Å². The Morgan fingerprint density at radius 1 is 1.21 bits per heavy atom. The summed E-state index contributed by atoms with van der Waals surface area (Å²) >= 11 is 1.81. The van der Waals surface area contributed by atoms with Crippen molar-refractivity contribution in [2.75, 3.05) is 12.8 Å². The van der Waals surface area contributed by atoms with Gasteiger partial charge in [0.1, 0.15) is 0 Å². The summed E-state index contributed by atoms with van der Waals surface area (Å²) in [6, 6.07) is 2.31. The molecule has 0 saturated heterocycles. The zero-order chi connectivity index (χ0) is 14.5. The van der Waals surface area contributed by atoms with Crippen molar-refractivity contribution in [2.45, 2.75) is 38.0 Å². The maximum absolute atomic E-state index is 13.2. The number of hydrogen-bond acceptors (Lipinski definition) is 3. The lowest BCUT2D eigenvalue weighted by molar-refractivity contribution is 0.394. The van der Waals surface area contributed by atoms with Gasteiger partial charge in [0.2, 0.25) is 0 Å². The van der Waals surface area contributed by atoms with Crippen molar-refractivity contribution in [3.8, 4) is 5.75 Å². The van der Waals surface area contributed by atoms with E-state index in [9.17, 15) is 8.78 Å². The summed E-state index contributed by atoms with van der Waals surface area (Å²) in [6.45, 7) is 5.45. The van der Waals surface area contributed by atoms with Crippen molar-refractivity contribution in [1.29, 1.82) is 0 Å². The number of phenols is 1. The van der Waals surface area contributed by atoms with Gasteiger partial charge in [-0.25, -0.2) is 8.78 Å². The fourth-order valence-electron chi connectivity index (χ4n) is 2.02. The minimum absolute atomic E-state index is 0.161. The van der Waals surface area contributed by atoms with Crippen LogP contribution >= 0.6 is 11.8 Å². The fraction of sp³-hybridized carbons (Fsp3) is 0.571. The first kappa shape index (κ1) is 16.2. The first-order valence-corrected chi connectivity index (χ1v) is 7.63. The molecule has 0 aliphatic carbocycles. The number of aromatic hydroxyl groups is 1. The van der Waals surface area contributed by atoms with Crippen LogP contribution in [0.25, 0.3) is 0 Å². The highest BCUT2D eigenvalue weighted by molar-refractivity contribution is 8.00. The number of benzene rings is 1. The second kappa shape index (κ2) is 7.10. The quantitative estimate of drug-likeness (QED) is 0.803. The third-order valence-electron chi connectivity index (χ3n) is 3.57. The zero-order valence-corrected chi connectivity index (χ0v) is 12.4. The number of nitrogens with one attached hydrogen (secondary N) is 1. The molecule has 108 valence electrons. The maximum atomic E-state index is 13.2. The molecule has 0 fully saturated rings. The third kappa shape index (κ3) is 4.08. The Morgan fingerprint density at radius 2 is 1.74 bits per heavy atom. The average molecular weight is 289 g/mol. The summed E-state index contributed by atoms with van der Waals surface area (Å²) < 4.78 is 26.5. The van der Waals surface area contributed by atoms with Gasteiger partial charge in [-0.15, -0.1) is 0 Å². The Kier molecular flexibility index (Phi) is 6.07. The van der Waals surface area contributed by atoms with Crippen LogP contribution in [0, 0.1) is 11.6 Å². The van der Waals surface area contributed by atoms with Crippen molar-refractivity contribution < 1.29 is 13.9 Å². The monoisotopic (exact) mass is 289 g/mol. The van der Waals surface area contributed by atoms with Gasteiger partial charge in [0.25, 0.3) is 0 Å². The van der Waals surface area contributed by atoms with Crippen molar-refractivity contribution in [1.82, 2.24) is 5.32 Å². The van der Waals surface area contributed by atoms with E-state index in [2.05, 4.69) is 25.4 Å². The normalized spacial score (nSPS) is 11.8. The Hall–Kier alpha value is -0.810. The van der Waals surface area contributed by atoms with E-state index in [1.165, 1.54) is 0 Å². The molecule has 0 aromatic heterocycles. The molecule has 0 saturated carbocycles. The van der Waals surface area contributed by atoms with Crippen molar-refractivity contribution in [3.63, 3.8) is 0 Å². The van der Waals surface area contributed by atoms with Crippen LogP contribution in [-0.4, -0.2) is 22.7 Å². The van der Waals surface area contributed by atoms with Crippen LogP contribution in [0.2, 0.25) is 0 Å². The van der Waals surface area contributed by atoms with Gasteiger partial charge >= 0.3 is 0 Å². The molecule has 0 aliphatic heterocycles. The molecule has 0 aliphatic rings. The fourth-order valence-corrected chi connectivity index (χ4v) is 2.84. The number of phenolic OH excluding ortho intramolecular Hbond substituents is 1. The van der Waals surface area contributed by atoms with Gasteiger partial charge in [0, 0.05) is 17.8 Å². The molecule has 0 heterocycles. The SMILES string of the molecule is CCC(CC)(CNCc1cc(F)c(O)c(F)c1)SC. The summed E-state index contributed by atoms with van der Waals surface area (Å²) in [7, 11) is 0. The lowest BCUT2D eigenvalue weighted by Crippen LogP contribution is -2.36. The molecule has 0 bridgehead atoms. The molecular formula is C14H21F2NOS. The molecule has 0 spiro atoms. The van der Waals surface area contributed by atoms with Gasteiger partial charge < -0.3 is 10.4 Å². The summed E-state index contributed by atoms with van der Waals surface area (Å²) in [5, 5.41) is 12.3. The van der Waals surface area contributed by atoms with E-state index in [-0.39, 0.29) is 4.75 Å². The third-order valence-corrected chi connectivity index (χ3v) is 5.16. The molecule has 1 aromatic carbocycles. The van der Waals surface area contributed by atoms with Crippen LogP contribution in [0.15, 0.2) is 12.1 Å². The van der Waals surface area contributed by atoms with Crippen LogP contribution in [0.3, 0.4) is 0 Å². The maximum Gasteiger partial charge on any atom is 0.187 e. The Bertz CT molecular complexity index is 391. The molecule has 5 heteroatoms. The highest BCUT2D eigenvalue weighted by atomic mass is 32.2. The lowest BCUT2D eigenvalue weighted by atomic mass is 10.0. The Balaban J connectivity index is 2.63. The van der Waals surface area contributed by atoms with Crippen LogP contribution < -0.4 is 5.32 Å². The van der Waals surface area contributed by atoms with E-state index >= 15 is 0 Å². The molecule has 19 heavy (non-hydrogen) atoms. The summed E-state index contributed by atoms with van der Waals surface area (Å²) in [5.41, 5.74) is 0.495. The molecule has 1 rings (SSSR count). The van der Waals surface area contributed by atoms with E-state index in [1.807, 2.05) is 11.8 Å². The zero-order valence-electron chi connectivity index (χ0n) is 11.6. The second-order valence-electron chi connectivity index (χ2n) is 4.61. The lowest BCUT2D eigenvalue weighted by Gasteiger charge is -2.30. The van der Waals surface area contributed by atoms with E-state index in [4.69, 9.17) is 5.11 Å². The van der Waals surface area contributed by atoms with E-state index in [0.29, 0.717) is 12.1 Å². The predicted octanol–water partition coefficient (Wildman–Crippen LogP) is 3.68. The molecule has 2 nitrogen and oxygen atoms in total. The standard InChI is InChI=1S/C14H21F2NOS/c1-4-14(5-2,19-3)9-17-8-10-6-11(15)13(18)12(16)7-10/h6-7,17-18H,4-5,8-9H2,1-3H3. The van der Waals surface area contributed by atoms with Crippen LogP contribution in [0.5, 0.6) is 5.75 Å². The first-order chi connectivity index (χ1) is 8.98. The highest BCUT2D eigenvalue weighted by Gasteiger charge is 2.24. The second-order valence-corrected chi connectivity index (χ2v) is 5.88. The van der Waals surface area contributed by atoms with Crippen molar-refractivity contribution in [3.05, 3.63) is 29.3 Å². The minimum Gasteiger partial charge on any atom is -0.503 e. The molecule has 0 amide bonds. The molecule has 2 N–H and O–H groups in total. The van der Waals surface area contributed by atoms with E-state index < -0.39 is 17.4 Å². The molecule has 0 radical (unpaired) electrons.